The molecule has 1 atom stereocenters. The first-order chi connectivity index (χ1) is 8.85. The Balaban J connectivity index is 2.57. The van der Waals surface area contributed by atoms with Crippen LogP contribution in [0.3, 0.4) is 0 Å². The van der Waals surface area contributed by atoms with Gasteiger partial charge in [-0.15, -0.1) is 0 Å². The summed E-state index contributed by atoms with van der Waals surface area (Å²) in [5, 5.41) is 14.1. The van der Waals surface area contributed by atoms with Crippen LogP contribution in [0.5, 0.6) is 0 Å². The normalized spacial score (nSPS) is 13.7. The first kappa shape index (κ1) is 15.3. The Labute approximate surface area is 109 Å². The van der Waals surface area contributed by atoms with Crippen LogP contribution in [-0.2, 0) is 4.74 Å². The molecule has 0 aliphatic carbocycles. The number of para-hydroxylation sites is 1. The standard InChI is InChI=1S/C12H16F2N2O3/c1-12(18,7-19-2)6-15-11(17)16-10-8(13)4-3-5-9(10)14/h3-5,18H,6-7H2,1-2H3,(H2,15,16,17)/t12-/m1/s1. The lowest BCUT2D eigenvalue weighted by Gasteiger charge is -2.22. The lowest BCUT2D eigenvalue weighted by molar-refractivity contribution is -0.0133. The summed E-state index contributed by atoms with van der Waals surface area (Å²) in [5.41, 5.74) is -1.80. The molecular weight excluding hydrogens is 258 g/mol. The number of methoxy groups -OCH3 is 1. The van der Waals surface area contributed by atoms with E-state index in [0.717, 1.165) is 12.1 Å². The van der Waals surface area contributed by atoms with Crippen molar-refractivity contribution >= 4 is 11.7 Å². The van der Waals surface area contributed by atoms with Gasteiger partial charge in [0.2, 0.25) is 0 Å². The van der Waals surface area contributed by atoms with Crippen molar-refractivity contribution in [2.24, 2.45) is 0 Å². The van der Waals surface area contributed by atoms with Crippen LogP contribution < -0.4 is 10.6 Å². The molecule has 19 heavy (non-hydrogen) atoms. The van der Waals surface area contributed by atoms with Gasteiger partial charge in [-0.3, -0.25) is 0 Å². The molecule has 106 valence electrons. The van der Waals surface area contributed by atoms with Crippen LogP contribution in [0.25, 0.3) is 0 Å². The van der Waals surface area contributed by atoms with E-state index in [1.165, 1.54) is 20.1 Å². The molecule has 0 aliphatic rings. The molecule has 3 N–H and O–H groups in total. The first-order valence-electron chi connectivity index (χ1n) is 5.56. The van der Waals surface area contributed by atoms with Crippen LogP contribution in [0.1, 0.15) is 6.92 Å². The molecule has 2 amide bonds. The fraction of sp³-hybridized carbons (Fsp3) is 0.417. The average Bonchev–Trinajstić information content (AvgIpc) is 2.32. The van der Waals surface area contributed by atoms with Gasteiger partial charge < -0.3 is 20.5 Å². The summed E-state index contributed by atoms with van der Waals surface area (Å²) in [4.78, 5) is 11.5. The van der Waals surface area contributed by atoms with Gasteiger partial charge >= 0.3 is 6.03 Å². The molecule has 1 rings (SSSR count). The number of ether oxygens (including phenoxy) is 1. The molecule has 0 saturated carbocycles. The molecule has 0 saturated heterocycles. The lowest BCUT2D eigenvalue weighted by Crippen LogP contribution is -2.45. The smallest absolute Gasteiger partial charge is 0.319 e. The van der Waals surface area contributed by atoms with Crippen LogP contribution in [0.4, 0.5) is 19.3 Å². The van der Waals surface area contributed by atoms with E-state index in [-0.39, 0.29) is 13.2 Å². The van der Waals surface area contributed by atoms with E-state index < -0.39 is 29.0 Å². The van der Waals surface area contributed by atoms with E-state index in [2.05, 4.69) is 5.32 Å². The van der Waals surface area contributed by atoms with E-state index >= 15 is 0 Å². The second-order valence-corrected chi connectivity index (χ2v) is 4.33. The zero-order valence-electron chi connectivity index (χ0n) is 10.7. The number of anilines is 1. The fourth-order valence-electron chi connectivity index (χ4n) is 1.41. The Morgan fingerprint density at radius 2 is 2.00 bits per heavy atom. The predicted molar refractivity (Wildman–Crippen MR) is 65.9 cm³/mol. The van der Waals surface area contributed by atoms with Crippen molar-refractivity contribution in [3.05, 3.63) is 29.8 Å². The first-order valence-corrected chi connectivity index (χ1v) is 5.56. The Bertz CT molecular complexity index is 432. The molecule has 0 heterocycles. The molecule has 0 aliphatic heterocycles. The summed E-state index contributed by atoms with van der Waals surface area (Å²) in [6.07, 6.45) is 0. The summed E-state index contributed by atoms with van der Waals surface area (Å²) in [5.74, 6) is -1.75. The van der Waals surface area contributed by atoms with Crippen molar-refractivity contribution in [3.63, 3.8) is 0 Å². The number of halogens is 2. The Kier molecular flexibility index (Phi) is 5.20. The van der Waals surface area contributed by atoms with Crippen LogP contribution in [-0.4, -0.2) is 37.0 Å². The number of carbonyl (C=O) groups excluding carboxylic acids is 1. The zero-order chi connectivity index (χ0) is 14.5. The van der Waals surface area contributed by atoms with Gasteiger partial charge in [-0.25, -0.2) is 13.6 Å². The van der Waals surface area contributed by atoms with Crippen LogP contribution in [0, 0.1) is 11.6 Å². The molecule has 5 nitrogen and oxygen atoms in total. The predicted octanol–water partition coefficient (Wildman–Crippen LogP) is 1.48. The van der Waals surface area contributed by atoms with E-state index in [1.807, 2.05) is 5.32 Å². The number of aliphatic hydroxyl groups is 1. The van der Waals surface area contributed by atoms with Crippen molar-refractivity contribution in [2.75, 3.05) is 25.6 Å². The molecule has 0 spiro atoms. The van der Waals surface area contributed by atoms with E-state index in [1.54, 1.807) is 0 Å². The molecule has 0 bridgehead atoms. The Hall–Kier alpha value is -1.73. The highest BCUT2D eigenvalue weighted by Crippen LogP contribution is 2.17. The van der Waals surface area contributed by atoms with Gasteiger partial charge in [0, 0.05) is 7.11 Å². The highest BCUT2D eigenvalue weighted by molar-refractivity contribution is 5.89. The van der Waals surface area contributed by atoms with Crippen LogP contribution >= 0.6 is 0 Å². The highest BCUT2D eigenvalue weighted by atomic mass is 19.1. The number of nitrogens with one attached hydrogen (secondary N) is 2. The summed E-state index contributed by atoms with van der Waals surface area (Å²) >= 11 is 0. The number of rotatable bonds is 5. The second kappa shape index (κ2) is 6.44. The maximum absolute atomic E-state index is 13.3. The molecule has 1 aromatic rings. The molecule has 0 radical (unpaired) electrons. The van der Waals surface area contributed by atoms with Gasteiger partial charge in [-0.1, -0.05) is 6.07 Å². The number of urea groups is 1. The molecule has 0 fully saturated rings. The average molecular weight is 274 g/mol. The maximum atomic E-state index is 13.3. The molecule has 0 aromatic heterocycles. The fourth-order valence-corrected chi connectivity index (χ4v) is 1.41. The molecule has 0 unspecified atom stereocenters. The minimum Gasteiger partial charge on any atom is -0.386 e. The lowest BCUT2D eigenvalue weighted by atomic mass is 10.1. The largest absolute Gasteiger partial charge is 0.386 e. The second-order valence-electron chi connectivity index (χ2n) is 4.33. The highest BCUT2D eigenvalue weighted by Gasteiger charge is 2.21. The molecular formula is C12H16F2N2O3. The molecule has 7 heteroatoms. The minimum atomic E-state index is -1.26. The summed E-state index contributed by atoms with van der Waals surface area (Å²) in [7, 11) is 1.41. The number of amides is 2. The van der Waals surface area contributed by atoms with Crippen molar-refractivity contribution in [1.82, 2.24) is 5.32 Å². The van der Waals surface area contributed by atoms with E-state index in [4.69, 9.17) is 4.74 Å². The number of benzene rings is 1. The number of hydrogen-bond acceptors (Lipinski definition) is 3. The van der Waals surface area contributed by atoms with Crippen molar-refractivity contribution in [1.29, 1.82) is 0 Å². The molecule has 1 aromatic carbocycles. The van der Waals surface area contributed by atoms with Crippen LogP contribution in [0.15, 0.2) is 18.2 Å². The van der Waals surface area contributed by atoms with Gasteiger partial charge in [-0.2, -0.15) is 0 Å². The van der Waals surface area contributed by atoms with Crippen LogP contribution in [0.2, 0.25) is 0 Å². The summed E-state index contributed by atoms with van der Waals surface area (Å²) in [6.45, 7) is 1.35. The summed E-state index contributed by atoms with van der Waals surface area (Å²) in [6, 6.07) is 2.43. The van der Waals surface area contributed by atoms with Crippen molar-refractivity contribution < 1.29 is 23.4 Å². The number of carbonyl (C=O) groups is 1. The quantitative estimate of drug-likeness (QED) is 0.761. The summed E-state index contributed by atoms with van der Waals surface area (Å²) < 4.78 is 31.3. The Morgan fingerprint density at radius 3 is 2.53 bits per heavy atom. The van der Waals surface area contributed by atoms with Gasteiger partial charge in [0.05, 0.1) is 13.2 Å². The minimum absolute atomic E-state index is 0.0152. The Morgan fingerprint density at radius 1 is 1.42 bits per heavy atom. The van der Waals surface area contributed by atoms with Gasteiger partial charge in [-0.05, 0) is 19.1 Å². The SMILES string of the molecule is COC[C@](C)(O)CNC(=O)Nc1c(F)cccc1F. The zero-order valence-corrected chi connectivity index (χ0v) is 10.7. The third-order valence-electron chi connectivity index (χ3n) is 2.29. The van der Waals surface area contributed by atoms with Crippen molar-refractivity contribution in [2.45, 2.75) is 12.5 Å². The van der Waals surface area contributed by atoms with Gasteiger partial charge in [0.1, 0.15) is 22.9 Å². The third-order valence-corrected chi connectivity index (χ3v) is 2.29. The monoisotopic (exact) mass is 274 g/mol. The number of hydrogen-bond donors (Lipinski definition) is 3. The van der Waals surface area contributed by atoms with Crippen molar-refractivity contribution in [3.8, 4) is 0 Å². The van der Waals surface area contributed by atoms with E-state index in [9.17, 15) is 18.7 Å². The third kappa shape index (κ3) is 4.80. The van der Waals surface area contributed by atoms with E-state index in [0.29, 0.717) is 0 Å². The van der Waals surface area contributed by atoms with Gasteiger partial charge in [0.25, 0.3) is 0 Å². The topological polar surface area (TPSA) is 70.6 Å². The van der Waals surface area contributed by atoms with Gasteiger partial charge in [0.15, 0.2) is 0 Å². The maximum Gasteiger partial charge on any atom is 0.319 e.